The summed E-state index contributed by atoms with van der Waals surface area (Å²) in [4.78, 5) is 15.0. The Morgan fingerprint density at radius 2 is 1.94 bits per heavy atom. The van der Waals surface area contributed by atoms with Crippen LogP contribution in [0.3, 0.4) is 0 Å². The molecule has 3 N–H and O–H groups in total. The van der Waals surface area contributed by atoms with Crippen LogP contribution in [0.4, 0.5) is 11.5 Å². The Morgan fingerprint density at radius 1 is 1.28 bits per heavy atom. The summed E-state index contributed by atoms with van der Waals surface area (Å²) in [5.74, 6) is 5.97. The number of anilines is 1. The molecule has 6 nitrogen and oxygen atoms in total. The molecule has 0 fully saturated rings. The molecule has 0 saturated heterocycles. The highest BCUT2D eigenvalue weighted by atomic mass is 16.6. The fourth-order valence-corrected chi connectivity index (χ4v) is 2.06. The highest BCUT2D eigenvalue weighted by Crippen LogP contribution is 2.31. The zero-order valence-electron chi connectivity index (χ0n) is 10.4. The summed E-state index contributed by atoms with van der Waals surface area (Å²) in [5.41, 5.74) is 5.62. The largest absolute Gasteiger partial charge is 0.308 e. The first kappa shape index (κ1) is 12.3. The van der Waals surface area contributed by atoms with E-state index in [0.29, 0.717) is 11.4 Å². The molecule has 2 aromatic rings. The van der Waals surface area contributed by atoms with Gasteiger partial charge in [0.2, 0.25) is 0 Å². The van der Waals surface area contributed by atoms with Gasteiger partial charge in [0.25, 0.3) is 5.69 Å². The second-order valence-electron chi connectivity index (χ2n) is 4.29. The number of nitro groups is 1. The maximum Gasteiger partial charge on any atom is 0.273 e. The number of fused-ring (bicyclic) bond motifs is 1. The molecule has 0 aliphatic heterocycles. The van der Waals surface area contributed by atoms with E-state index in [-0.39, 0.29) is 10.6 Å². The minimum Gasteiger partial charge on any atom is -0.308 e. The minimum atomic E-state index is -0.369. The Labute approximate surface area is 104 Å². The van der Waals surface area contributed by atoms with Crippen LogP contribution < -0.4 is 11.3 Å². The molecule has 0 aliphatic carbocycles. The molecule has 0 radical (unpaired) electrons. The molecule has 2 rings (SSSR count). The van der Waals surface area contributed by atoms with Crippen molar-refractivity contribution in [3.05, 3.63) is 38.9 Å². The lowest BCUT2D eigenvalue weighted by molar-refractivity contribution is -0.385. The fraction of sp³-hybridized carbons (Fsp3) is 0.250. The van der Waals surface area contributed by atoms with Gasteiger partial charge < -0.3 is 5.43 Å². The molecular formula is C12H14N4O2. The van der Waals surface area contributed by atoms with Crippen molar-refractivity contribution in [3.8, 4) is 0 Å². The number of nitrogens with two attached hydrogens (primary N) is 1. The Morgan fingerprint density at radius 3 is 2.50 bits per heavy atom. The number of hydrogen-bond acceptors (Lipinski definition) is 5. The average Bonchev–Trinajstić information content (AvgIpc) is 2.32. The molecule has 6 heteroatoms. The number of pyridine rings is 1. The summed E-state index contributed by atoms with van der Waals surface area (Å²) in [6.45, 7) is 5.39. The third-order valence-corrected chi connectivity index (χ3v) is 3.06. The number of nitrogens with zero attached hydrogens (tertiary/aromatic N) is 2. The molecule has 0 unspecified atom stereocenters. The van der Waals surface area contributed by atoms with Gasteiger partial charge in [-0.1, -0.05) is 0 Å². The van der Waals surface area contributed by atoms with Crippen molar-refractivity contribution in [1.82, 2.24) is 4.98 Å². The van der Waals surface area contributed by atoms with Gasteiger partial charge in [-0.25, -0.2) is 10.8 Å². The normalized spacial score (nSPS) is 10.7. The first-order valence-corrected chi connectivity index (χ1v) is 5.48. The van der Waals surface area contributed by atoms with Gasteiger partial charge in [0, 0.05) is 17.0 Å². The average molecular weight is 246 g/mol. The summed E-state index contributed by atoms with van der Waals surface area (Å²) in [6.07, 6.45) is 0. The van der Waals surface area contributed by atoms with Crippen molar-refractivity contribution < 1.29 is 4.92 Å². The Balaban J connectivity index is 2.89. The van der Waals surface area contributed by atoms with Crippen LogP contribution in [0.15, 0.2) is 12.1 Å². The van der Waals surface area contributed by atoms with Gasteiger partial charge in [0.1, 0.15) is 5.82 Å². The SMILES string of the molecule is Cc1cc2c(C)c([N+](=O)[O-])cc(C)c2nc1NN. The Hall–Kier alpha value is -2.21. The summed E-state index contributed by atoms with van der Waals surface area (Å²) in [5, 5.41) is 11.8. The van der Waals surface area contributed by atoms with Crippen LogP contribution in [0.1, 0.15) is 16.7 Å². The van der Waals surface area contributed by atoms with Gasteiger partial charge in [-0.15, -0.1) is 0 Å². The van der Waals surface area contributed by atoms with Gasteiger partial charge in [0.05, 0.1) is 10.4 Å². The number of nitrogen functional groups attached to an aromatic ring is 1. The first-order valence-electron chi connectivity index (χ1n) is 5.48. The van der Waals surface area contributed by atoms with Crippen LogP contribution in [0.5, 0.6) is 0 Å². The number of hydrogen-bond donors (Lipinski definition) is 2. The van der Waals surface area contributed by atoms with Crippen molar-refractivity contribution in [1.29, 1.82) is 0 Å². The van der Waals surface area contributed by atoms with E-state index in [1.165, 1.54) is 0 Å². The van der Waals surface area contributed by atoms with Crippen LogP contribution in [0.25, 0.3) is 10.9 Å². The number of aromatic nitrogens is 1. The zero-order valence-corrected chi connectivity index (χ0v) is 10.4. The maximum absolute atomic E-state index is 11.0. The molecule has 0 bridgehead atoms. The van der Waals surface area contributed by atoms with E-state index in [4.69, 9.17) is 5.84 Å². The van der Waals surface area contributed by atoms with E-state index in [0.717, 1.165) is 22.0 Å². The molecule has 0 saturated carbocycles. The topological polar surface area (TPSA) is 94.1 Å². The molecule has 18 heavy (non-hydrogen) atoms. The molecule has 0 spiro atoms. The number of aryl methyl sites for hydroxylation is 3. The Kier molecular flexibility index (Phi) is 2.88. The maximum atomic E-state index is 11.0. The standard InChI is InChI=1S/C12H14N4O2/c1-6-5-10(16(17)18)8(3)9-4-7(2)12(15-13)14-11(6)9/h4-5H,13H2,1-3H3,(H,14,15). The van der Waals surface area contributed by atoms with E-state index in [1.807, 2.05) is 13.0 Å². The van der Waals surface area contributed by atoms with Gasteiger partial charge in [0.15, 0.2) is 0 Å². The second-order valence-corrected chi connectivity index (χ2v) is 4.29. The summed E-state index contributed by atoms with van der Waals surface area (Å²) < 4.78 is 0. The van der Waals surface area contributed by atoms with E-state index in [1.54, 1.807) is 19.9 Å². The van der Waals surface area contributed by atoms with E-state index in [2.05, 4.69) is 10.4 Å². The number of nitrogens with one attached hydrogen (secondary N) is 1. The fourth-order valence-electron chi connectivity index (χ4n) is 2.06. The number of nitro benzene ring substituents is 1. The second kappa shape index (κ2) is 4.23. The Bertz CT molecular complexity index is 652. The molecule has 1 aromatic carbocycles. The third-order valence-electron chi connectivity index (χ3n) is 3.06. The van der Waals surface area contributed by atoms with Crippen LogP contribution in [-0.2, 0) is 0 Å². The number of hydrazine groups is 1. The first-order chi connectivity index (χ1) is 8.45. The van der Waals surface area contributed by atoms with Crippen molar-refractivity contribution >= 4 is 22.4 Å². The van der Waals surface area contributed by atoms with Crippen LogP contribution in [0, 0.1) is 30.9 Å². The van der Waals surface area contributed by atoms with Crippen molar-refractivity contribution in [2.75, 3.05) is 5.43 Å². The van der Waals surface area contributed by atoms with Crippen molar-refractivity contribution in [2.24, 2.45) is 5.84 Å². The van der Waals surface area contributed by atoms with E-state index in [9.17, 15) is 10.1 Å². The third kappa shape index (κ3) is 1.76. The van der Waals surface area contributed by atoms with Gasteiger partial charge in [-0.3, -0.25) is 10.1 Å². The van der Waals surface area contributed by atoms with Gasteiger partial charge in [-0.2, -0.15) is 0 Å². The molecular weight excluding hydrogens is 232 g/mol. The molecule has 1 aromatic heterocycles. The summed E-state index contributed by atoms with van der Waals surface area (Å²) >= 11 is 0. The van der Waals surface area contributed by atoms with E-state index >= 15 is 0 Å². The van der Waals surface area contributed by atoms with Gasteiger partial charge >= 0.3 is 0 Å². The van der Waals surface area contributed by atoms with Crippen LogP contribution >= 0.6 is 0 Å². The summed E-state index contributed by atoms with van der Waals surface area (Å²) in [6, 6.07) is 3.41. The lowest BCUT2D eigenvalue weighted by Gasteiger charge is -2.10. The molecule has 1 heterocycles. The molecule has 0 atom stereocenters. The lowest BCUT2D eigenvalue weighted by Crippen LogP contribution is -2.10. The lowest BCUT2D eigenvalue weighted by atomic mass is 10.0. The monoisotopic (exact) mass is 246 g/mol. The van der Waals surface area contributed by atoms with Crippen LogP contribution in [-0.4, -0.2) is 9.91 Å². The van der Waals surface area contributed by atoms with Gasteiger partial charge in [-0.05, 0) is 38.0 Å². The smallest absolute Gasteiger partial charge is 0.273 e. The predicted molar refractivity (Wildman–Crippen MR) is 70.4 cm³/mol. The molecule has 0 aliphatic rings. The van der Waals surface area contributed by atoms with Crippen molar-refractivity contribution in [2.45, 2.75) is 20.8 Å². The van der Waals surface area contributed by atoms with Crippen molar-refractivity contribution in [3.63, 3.8) is 0 Å². The van der Waals surface area contributed by atoms with E-state index < -0.39 is 0 Å². The highest BCUT2D eigenvalue weighted by Gasteiger charge is 2.17. The minimum absolute atomic E-state index is 0.120. The van der Waals surface area contributed by atoms with Crippen LogP contribution in [0.2, 0.25) is 0 Å². The highest BCUT2D eigenvalue weighted by molar-refractivity contribution is 5.90. The quantitative estimate of drug-likeness (QED) is 0.482. The molecule has 94 valence electrons. The number of rotatable bonds is 2. The summed E-state index contributed by atoms with van der Waals surface area (Å²) in [7, 11) is 0. The zero-order chi connectivity index (χ0) is 13.4. The predicted octanol–water partition coefficient (Wildman–Crippen LogP) is 2.35. The number of benzene rings is 1. The molecule has 0 amide bonds.